The van der Waals surface area contributed by atoms with Crippen LogP contribution in [0.3, 0.4) is 0 Å². The number of hydrogen-bond acceptors (Lipinski definition) is 2. The third-order valence-corrected chi connectivity index (χ3v) is 13.4. The van der Waals surface area contributed by atoms with Gasteiger partial charge in [-0.1, -0.05) is 0 Å². The molecule has 4 heteroatoms. The summed E-state index contributed by atoms with van der Waals surface area (Å²) in [5.41, 5.74) is 0. The average molecular weight is 428 g/mol. The second kappa shape index (κ2) is 6.40. The summed E-state index contributed by atoms with van der Waals surface area (Å²) in [5.74, 6) is 3.71. The van der Waals surface area contributed by atoms with Crippen LogP contribution in [-0.2, 0) is 9.59 Å². The van der Waals surface area contributed by atoms with Gasteiger partial charge < -0.3 is 0 Å². The predicted octanol–water partition coefficient (Wildman–Crippen LogP) is 2.71. The Hall–Kier alpha value is -0.141. The summed E-state index contributed by atoms with van der Waals surface area (Å²) in [5, 5.41) is 2.54. The Morgan fingerprint density at radius 1 is 0.818 bits per heavy atom. The van der Waals surface area contributed by atoms with Crippen molar-refractivity contribution in [3.05, 3.63) is 24.3 Å². The molecular weight excluding hydrogens is 406 g/mol. The summed E-state index contributed by atoms with van der Waals surface area (Å²) in [4.78, 5) is 23.9. The fraction of sp³-hybridized carbons (Fsp3) is 0.667. The zero-order chi connectivity index (χ0) is 15.1. The van der Waals surface area contributed by atoms with E-state index < -0.39 is 0 Å². The van der Waals surface area contributed by atoms with E-state index in [-0.39, 0.29) is 0 Å². The van der Waals surface area contributed by atoms with Crippen LogP contribution in [0.25, 0.3) is 0 Å². The van der Waals surface area contributed by atoms with Crippen molar-refractivity contribution < 1.29 is 9.59 Å². The Morgan fingerprint density at radius 3 is 1.73 bits per heavy atom. The van der Waals surface area contributed by atoms with Crippen LogP contribution in [0.1, 0.15) is 25.7 Å². The summed E-state index contributed by atoms with van der Waals surface area (Å²) in [7, 11) is 0. The van der Waals surface area contributed by atoms with Crippen molar-refractivity contribution in [2.75, 3.05) is 0 Å². The van der Waals surface area contributed by atoms with Crippen molar-refractivity contribution in [2.24, 2.45) is 35.5 Å². The molecule has 118 valence electrons. The molecule has 0 spiro atoms. The van der Waals surface area contributed by atoms with Crippen molar-refractivity contribution in [3.8, 4) is 0 Å². The van der Waals surface area contributed by atoms with Gasteiger partial charge in [0, 0.05) is 0 Å². The first-order valence-corrected chi connectivity index (χ1v) is 15.2. The summed E-state index contributed by atoms with van der Waals surface area (Å²) in [6.45, 7) is 0. The Bertz CT molecular complexity index is 491. The number of ketones is 2. The number of rotatable bonds is 7. The Morgan fingerprint density at radius 2 is 1.27 bits per heavy atom. The van der Waals surface area contributed by atoms with Crippen molar-refractivity contribution in [2.45, 2.75) is 36.3 Å². The quantitative estimate of drug-likeness (QED) is 0.355. The molecule has 0 radical (unpaired) electrons. The molecule has 6 atom stereocenters. The number of Topliss-reactive ketones (excluding diaryl/α,β-unsaturated/α-hetero) is 2. The number of allylic oxidation sites excluding steroid dienone is 4. The molecule has 0 aromatic rings. The van der Waals surface area contributed by atoms with Crippen LogP contribution in [0.15, 0.2) is 24.3 Å². The topological polar surface area (TPSA) is 34.1 Å². The zero-order valence-electron chi connectivity index (χ0n) is 12.6. The van der Waals surface area contributed by atoms with Gasteiger partial charge in [-0.3, -0.25) is 0 Å². The molecule has 0 amide bonds. The molecule has 0 heterocycles. The third-order valence-electron chi connectivity index (χ3n) is 5.92. The molecule has 0 aliphatic heterocycles. The summed E-state index contributed by atoms with van der Waals surface area (Å²) < 4.78 is 0. The van der Waals surface area contributed by atoms with Crippen LogP contribution in [0.4, 0.5) is 0 Å². The molecule has 0 N–H and O–H groups in total. The predicted molar refractivity (Wildman–Crippen MR) is 88.8 cm³/mol. The Kier molecular flexibility index (Phi) is 4.48. The van der Waals surface area contributed by atoms with E-state index in [4.69, 9.17) is 0 Å². The average Bonchev–Trinajstić information content (AvgIpc) is 3.14. The summed E-state index contributed by atoms with van der Waals surface area (Å²) >= 11 is 1.44. The van der Waals surface area contributed by atoms with Gasteiger partial charge in [-0.15, -0.1) is 0 Å². The minimum atomic E-state index is 0.360. The monoisotopic (exact) mass is 430 g/mol. The van der Waals surface area contributed by atoms with E-state index in [1.54, 1.807) is 0 Å². The van der Waals surface area contributed by atoms with Crippen molar-refractivity contribution in [3.63, 3.8) is 0 Å². The van der Waals surface area contributed by atoms with E-state index in [1.165, 1.54) is 10.6 Å². The molecule has 2 fully saturated rings. The maximum atomic E-state index is 12.0. The van der Waals surface area contributed by atoms with Crippen molar-refractivity contribution in [1.82, 2.24) is 0 Å². The van der Waals surface area contributed by atoms with Gasteiger partial charge in [-0.05, 0) is 0 Å². The third kappa shape index (κ3) is 2.53. The molecule has 4 aliphatic carbocycles. The van der Waals surface area contributed by atoms with Crippen molar-refractivity contribution >= 4 is 37.8 Å². The van der Waals surface area contributed by atoms with E-state index in [0.717, 1.165) is 51.9 Å². The first-order valence-electron chi connectivity index (χ1n) is 8.42. The zero-order valence-corrected chi connectivity index (χ0v) is 16.1. The van der Waals surface area contributed by atoms with Gasteiger partial charge in [-0.2, -0.15) is 0 Å². The normalized spacial score (nSPS) is 41.3. The number of carbonyl (C=O) groups is 2. The van der Waals surface area contributed by atoms with Gasteiger partial charge in [0.1, 0.15) is 0 Å². The fourth-order valence-electron chi connectivity index (χ4n) is 4.62. The van der Waals surface area contributed by atoms with E-state index in [0.29, 0.717) is 47.1 Å². The van der Waals surface area contributed by atoms with Crippen LogP contribution in [-0.4, -0.2) is 37.8 Å². The molecule has 2 nitrogen and oxygen atoms in total. The van der Waals surface area contributed by atoms with Gasteiger partial charge >= 0.3 is 144 Å². The van der Waals surface area contributed by atoms with Crippen LogP contribution in [0.5, 0.6) is 0 Å². The molecule has 22 heavy (non-hydrogen) atoms. The fourth-order valence-corrected chi connectivity index (χ4v) is 11.2. The number of carbonyl (C=O) groups excluding carboxylic acids is 2. The van der Waals surface area contributed by atoms with E-state index in [2.05, 4.69) is 24.3 Å². The van der Waals surface area contributed by atoms with Crippen LogP contribution < -0.4 is 0 Å². The van der Waals surface area contributed by atoms with Crippen LogP contribution >= 0.6 is 0 Å². The van der Waals surface area contributed by atoms with E-state index >= 15 is 0 Å². The first kappa shape index (κ1) is 15.4. The second-order valence-corrected chi connectivity index (χ2v) is 14.8. The molecule has 0 aromatic carbocycles. The molecular formula is C18H22O2Se2. The Labute approximate surface area is 143 Å². The van der Waals surface area contributed by atoms with Crippen molar-refractivity contribution in [1.29, 1.82) is 0 Å². The van der Waals surface area contributed by atoms with Crippen LogP contribution in [0.2, 0.25) is 10.6 Å². The van der Waals surface area contributed by atoms with Gasteiger partial charge in [0.2, 0.25) is 0 Å². The molecule has 2 saturated carbocycles. The molecule has 0 saturated heterocycles. The van der Waals surface area contributed by atoms with Gasteiger partial charge in [-0.25, -0.2) is 0 Å². The number of fused-ring (bicyclic) bond motifs is 2. The standard InChI is InChI=1S/C18H22O2Se2/c19-17-13-5-1-3-11(13)15(17)7-9-21-22-10-8-16-12-4-2-6-14(12)18(16)20/h1-4,11-16H,5-10H2. The first-order chi connectivity index (χ1) is 10.8. The SMILES string of the molecule is O=C1C2CC=CC2C1CC[Se][Se]CCC1C(=O)C2CC=CC21. The second-order valence-electron chi connectivity index (χ2n) is 6.93. The molecule has 4 aliphatic rings. The molecule has 4 rings (SSSR count). The van der Waals surface area contributed by atoms with Crippen LogP contribution in [0, 0.1) is 35.5 Å². The number of hydrogen-bond donors (Lipinski definition) is 0. The maximum absolute atomic E-state index is 12.0. The van der Waals surface area contributed by atoms with Gasteiger partial charge in [0.25, 0.3) is 0 Å². The molecule has 6 unspecified atom stereocenters. The summed E-state index contributed by atoms with van der Waals surface area (Å²) in [6, 6.07) is 0. The van der Waals surface area contributed by atoms with Gasteiger partial charge in [0.15, 0.2) is 0 Å². The van der Waals surface area contributed by atoms with E-state index in [9.17, 15) is 9.59 Å². The van der Waals surface area contributed by atoms with Gasteiger partial charge in [0.05, 0.1) is 0 Å². The summed E-state index contributed by atoms with van der Waals surface area (Å²) in [6.07, 6.45) is 13.2. The minimum absolute atomic E-state index is 0.360. The molecule has 0 bridgehead atoms. The Balaban J connectivity index is 1.10. The molecule has 0 aromatic heterocycles. The van der Waals surface area contributed by atoms with E-state index in [1.807, 2.05) is 0 Å².